The Balaban J connectivity index is 1.42. The molecule has 2 aromatic rings. The Morgan fingerprint density at radius 1 is 1.39 bits per heavy atom. The number of amides is 2. The highest BCUT2D eigenvalue weighted by atomic mass is 16.2. The van der Waals surface area contributed by atoms with Crippen molar-refractivity contribution in [3.05, 3.63) is 30.2 Å². The molecule has 0 aromatic carbocycles. The molecule has 2 atom stereocenters. The molecule has 6 heteroatoms. The third kappa shape index (κ3) is 3.19. The fraction of sp³-hybridized carbons (Fsp3) is 0.591. The molecule has 6 nitrogen and oxygen atoms in total. The van der Waals surface area contributed by atoms with E-state index in [1.54, 1.807) is 12.4 Å². The summed E-state index contributed by atoms with van der Waals surface area (Å²) < 4.78 is 0. The summed E-state index contributed by atoms with van der Waals surface area (Å²) in [5.74, 6) is 0.520. The fourth-order valence-electron chi connectivity index (χ4n) is 4.55. The molecule has 2 aromatic heterocycles. The molecule has 1 saturated carbocycles. The molecule has 1 spiro atoms. The average Bonchev–Trinajstić information content (AvgIpc) is 3.19. The molecule has 2 N–H and O–H groups in total. The summed E-state index contributed by atoms with van der Waals surface area (Å²) in [5.41, 5.74) is 1.11. The largest absolute Gasteiger partial charge is 0.350 e. The van der Waals surface area contributed by atoms with Gasteiger partial charge in [-0.05, 0) is 44.2 Å². The van der Waals surface area contributed by atoms with Crippen molar-refractivity contribution in [3.8, 4) is 0 Å². The Kier molecular flexibility index (Phi) is 4.68. The number of nitrogens with one attached hydrogen (secondary N) is 2. The second-order valence-electron chi connectivity index (χ2n) is 9.01. The van der Waals surface area contributed by atoms with E-state index < -0.39 is 0 Å². The summed E-state index contributed by atoms with van der Waals surface area (Å²) >= 11 is 0. The molecule has 0 bridgehead atoms. The number of carbonyl (C=O) groups is 2. The van der Waals surface area contributed by atoms with Crippen LogP contribution in [0.1, 0.15) is 63.4 Å². The molecule has 0 radical (unpaired) electrons. The number of piperidine rings is 1. The smallest absolute Gasteiger partial charge is 0.267 e. The SMILES string of the molecule is CCC(C)(C)C(=O)N1CCCCC12CC2CNC(=O)c1cc2cnccc2[nH]1. The Morgan fingerprint density at radius 3 is 2.96 bits per heavy atom. The maximum Gasteiger partial charge on any atom is 0.267 e. The second kappa shape index (κ2) is 6.90. The molecule has 2 unspecified atom stereocenters. The van der Waals surface area contributed by atoms with E-state index in [-0.39, 0.29) is 22.8 Å². The van der Waals surface area contributed by atoms with E-state index in [2.05, 4.69) is 27.1 Å². The van der Waals surface area contributed by atoms with Crippen LogP contribution in [0, 0.1) is 11.3 Å². The lowest BCUT2D eigenvalue weighted by Gasteiger charge is -2.41. The van der Waals surface area contributed by atoms with Crippen LogP contribution in [-0.2, 0) is 4.79 Å². The number of carbonyl (C=O) groups excluding carboxylic acids is 2. The zero-order chi connectivity index (χ0) is 19.9. The molecule has 2 amide bonds. The lowest BCUT2D eigenvalue weighted by molar-refractivity contribution is -0.146. The Morgan fingerprint density at radius 2 is 2.21 bits per heavy atom. The van der Waals surface area contributed by atoms with Gasteiger partial charge in [-0.1, -0.05) is 20.8 Å². The number of hydrogen-bond acceptors (Lipinski definition) is 3. The van der Waals surface area contributed by atoms with Gasteiger partial charge in [0.15, 0.2) is 0 Å². The molecule has 3 heterocycles. The highest BCUT2D eigenvalue weighted by molar-refractivity contribution is 5.97. The van der Waals surface area contributed by atoms with Crippen LogP contribution < -0.4 is 5.32 Å². The Labute approximate surface area is 166 Å². The average molecular weight is 383 g/mol. The summed E-state index contributed by atoms with van der Waals surface area (Å²) in [6.45, 7) is 7.63. The van der Waals surface area contributed by atoms with Crippen LogP contribution in [0.4, 0.5) is 0 Å². The maximum absolute atomic E-state index is 13.1. The Bertz CT molecular complexity index is 870. The van der Waals surface area contributed by atoms with Gasteiger partial charge in [0.1, 0.15) is 5.69 Å². The van der Waals surface area contributed by atoms with Gasteiger partial charge in [0.25, 0.3) is 5.91 Å². The fourth-order valence-corrected chi connectivity index (χ4v) is 4.55. The molecule has 28 heavy (non-hydrogen) atoms. The number of nitrogens with zero attached hydrogens (tertiary/aromatic N) is 2. The van der Waals surface area contributed by atoms with Crippen LogP contribution in [0.15, 0.2) is 24.5 Å². The minimum Gasteiger partial charge on any atom is -0.350 e. The second-order valence-corrected chi connectivity index (χ2v) is 9.01. The number of likely N-dealkylation sites (tertiary alicyclic amines) is 1. The first-order valence-corrected chi connectivity index (χ1v) is 10.4. The van der Waals surface area contributed by atoms with Crippen LogP contribution in [0.2, 0.25) is 0 Å². The topological polar surface area (TPSA) is 78.1 Å². The number of aromatic amines is 1. The molecule has 4 rings (SSSR count). The summed E-state index contributed by atoms with van der Waals surface area (Å²) in [7, 11) is 0. The van der Waals surface area contributed by atoms with Gasteiger partial charge in [-0.25, -0.2) is 0 Å². The van der Waals surface area contributed by atoms with Crippen LogP contribution in [0.25, 0.3) is 10.9 Å². The molecule has 1 aliphatic heterocycles. The zero-order valence-electron chi connectivity index (χ0n) is 17.0. The highest BCUT2D eigenvalue weighted by Crippen LogP contribution is 2.54. The van der Waals surface area contributed by atoms with Crippen molar-refractivity contribution in [2.24, 2.45) is 11.3 Å². The number of H-pyrrole nitrogens is 1. The van der Waals surface area contributed by atoms with E-state index in [1.807, 2.05) is 26.0 Å². The molecule has 2 aliphatic rings. The quantitative estimate of drug-likeness (QED) is 0.831. The molecule has 1 aliphatic carbocycles. The number of aromatic nitrogens is 2. The molecular formula is C22H30N4O2. The van der Waals surface area contributed by atoms with Gasteiger partial charge in [-0.15, -0.1) is 0 Å². The first kappa shape index (κ1) is 19.0. The third-order valence-electron chi connectivity index (χ3n) is 6.86. The Hall–Kier alpha value is -2.37. The van der Waals surface area contributed by atoms with Crippen molar-refractivity contribution in [2.75, 3.05) is 13.1 Å². The van der Waals surface area contributed by atoms with E-state index in [9.17, 15) is 9.59 Å². The monoisotopic (exact) mass is 382 g/mol. The van der Waals surface area contributed by atoms with Crippen molar-refractivity contribution in [3.63, 3.8) is 0 Å². The van der Waals surface area contributed by atoms with Crippen molar-refractivity contribution < 1.29 is 9.59 Å². The van der Waals surface area contributed by atoms with Gasteiger partial charge in [0.05, 0.1) is 0 Å². The minimum absolute atomic E-state index is 0.0422. The lowest BCUT2D eigenvalue weighted by Crippen LogP contribution is -2.52. The summed E-state index contributed by atoms with van der Waals surface area (Å²) in [4.78, 5) is 35.1. The standard InChI is InChI=1S/C22H30N4O2/c1-4-21(2,3)20(28)26-10-6-5-8-22(26)12-16(22)14-24-19(27)18-11-15-13-23-9-7-17(15)25-18/h7,9,11,13,16,25H,4-6,8,10,12,14H2,1-3H3,(H,24,27). The first-order valence-electron chi connectivity index (χ1n) is 10.4. The van der Waals surface area contributed by atoms with Gasteiger partial charge in [0.2, 0.25) is 5.91 Å². The van der Waals surface area contributed by atoms with Crippen LogP contribution in [-0.4, -0.2) is 45.3 Å². The third-order valence-corrected chi connectivity index (χ3v) is 6.86. The molecule has 150 valence electrons. The van der Waals surface area contributed by atoms with E-state index in [0.29, 0.717) is 18.2 Å². The number of hydrogen-bond donors (Lipinski definition) is 2. The van der Waals surface area contributed by atoms with Gasteiger partial charge in [-0.3, -0.25) is 14.6 Å². The molecule has 1 saturated heterocycles. The van der Waals surface area contributed by atoms with E-state index in [0.717, 1.165) is 49.6 Å². The predicted molar refractivity (Wildman–Crippen MR) is 109 cm³/mol. The lowest BCUT2D eigenvalue weighted by atomic mass is 9.85. The van der Waals surface area contributed by atoms with Gasteiger partial charge in [-0.2, -0.15) is 0 Å². The predicted octanol–water partition coefficient (Wildman–Crippen LogP) is 3.50. The molecule has 2 fully saturated rings. The number of pyridine rings is 1. The minimum atomic E-state index is -0.320. The maximum atomic E-state index is 13.1. The van der Waals surface area contributed by atoms with Crippen molar-refractivity contribution >= 4 is 22.7 Å². The zero-order valence-corrected chi connectivity index (χ0v) is 17.0. The van der Waals surface area contributed by atoms with Gasteiger partial charge >= 0.3 is 0 Å². The summed E-state index contributed by atoms with van der Waals surface area (Å²) in [5, 5.41) is 4.01. The molecular weight excluding hydrogens is 352 g/mol. The first-order chi connectivity index (χ1) is 13.4. The number of fused-ring (bicyclic) bond motifs is 1. The summed E-state index contributed by atoms with van der Waals surface area (Å²) in [6, 6.07) is 3.70. The summed E-state index contributed by atoms with van der Waals surface area (Å²) in [6.07, 6.45) is 8.59. The van der Waals surface area contributed by atoms with E-state index >= 15 is 0 Å². The van der Waals surface area contributed by atoms with Crippen LogP contribution in [0.3, 0.4) is 0 Å². The van der Waals surface area contributed by atoms with Gasteiger partial charge in [0, 0.05) is 53.3 Å². The van der Waals surface area contributed by atoms with Crippen LogP contribution >= 0.6 is 0 Å². The van der Waals surface area contributed by atoms with E-state index in [4.69, 9.17) is 0 Å². The van der Waals surface area contributed by atoms with Crippen molar-refractivity contribution in [2.45, 2.75) is 58.4 Å². The van der Waals surface area contributed by atoms with Gasteiger partial charge < -0.3 is 15.2 Å². The van der Waals surface area contributed by atoms with Crippen molar-refractivity contribution in [1.82, 2.24) is 20.2 Å². The number of rotatable bonds is 5. The highest BCUT2D eigenvalue weighted by Gasteiger charge is 2.60. The normalized spacial score (nSPS) is 24.5. The van der Waals surface area contributed by atoms with Crippen molar-refractivity contribution in [1.29, 1.82) is 0 Å². The van der Waals surface area contributed by atoms with Crippen LogP contribution in [0.5, 0.6) is 0 Å². The van der Waals surface area contributed by atoms with E-state index in [1.165, 1.54) is 0 Å².